The normalized spacial score (nSPS) is 13.6. The third-order valence-electron chi connectivity index (χ3n) is 3.07. The van der Waals surface area contributed by atoms with Gasteiger partial charge >= 0.3 is 6.03 Å². The molecule has 0 aromatic heterocycles. The zero-order valence-corrected chi connectivity index (χ0v) is 13.9. The van der Waals surface area contributed by atoms with Crippen LogP contribution in [-0.2, 0) is 10.0 Å². The average molecular weight is 313 g/mol. The Bertz CT molecular complexity index is 603. The number of benzene rings is 1. The fraction of sp³-hybridized carbons (Fsp3) is 0.500. The summed E-state index contributed by atoms with van der Waals surface area (Å²) in [5.41, 5.74) is 0.511. The number of carbonyl (C=O) groups is 1. The summed E-state index contributed by atoms with van der Waals surface area (Å²) < 4.78 is 22.4. The average Bonchev–Trinajstić information content (AvgIpc) is 2.34. The summed E-state index contributed by atoms with van der Waals surface area (Å²) in [6.07, 6.45) is 0. The molecular weight excluding hydrogens is 290 g/mol. The maximum absolute atomic E-state index is 12.1. The van der Waals surface area contributed by atoms with E-state index in [0.29, 0.717) is 0 Å². The van der Waals surface area contributed by atoms with Crippen molar-refractivity contribution in [2.75, 3.05) is 7.05 Å². The predicted octanol–water partition coefficient (Wildman–Crippen LogP) is 1.83. The van der Waals surface area contributed by atoms with E-state index in [2.05, 4.69) is 5.32 Å². The van der Waals surface area contributed by atoms with Crippen molar-refractivity contribution >= 4 is 16.1 Å². The summed E-state index contributed by atoms with van der Waals surface area (Å²) in [5, 5.41) is 7.93. The number of primary sulfonamides is 1. The summed E-state index contributed by atoms with van der Waals surface area (Å²) in [7, 11) is -2.00. The Morgan fingerprint density at radius 3 is 2.10 bits per heavy atom. The molecule has 6 nitrogen and oxygen atoms in total. The van der Waals surface area contributed by atoms with Gasteiger partial charge in [-0.2, -0.15) is 0 Å². The number of nitrogens with zero attached hydrogens (tertiary/aromatic N) is 1. The highest BCUT2D eigenvalue weighted by Crippen LogP contribution is 2.20. The number of hydrogen-bond acceptors (Lipinski definition) is 3. The molecule has 0 radical (unpaired) electrons. The van der Waals surface area contributed by atoms with Crippen LogP contribution in [0.4, 0.5) is 4.79 Å². The number of nitrogens with two attached hydrogens (primary N) is 1. The van der Waals surface area contributed by atoms with E-state index in [0.717, 1.165) is 5.56 Å². The second-order valence-electron chi connectivity index (χ2n) is 6.08. The smallest absolute Gasteiger partial charge is 0.318 e. The predicted molar refractivity (Wildman–Crippen MR) is 82.3 cm³/mol. The molecule has 1 aromatic rings. The highest BCUT2D eigenvalue weighted by molar-refractivity contribution is 7.89. The van der Waals surface area contributed by atoms with Gasteiger partial charge in [0.15, 0.2) is 0 Å². The summed E-state index contributed by atoms with van der Waals surface area (Å²) in [4.78, 5) is 13.7. The van der Waals surface area contributed by atoms with Crippen molar-refractivity contribution in [3.63, 3.8) is 0 Å². The van der Waals surface area contributed by atoms with Gasteiger partial charge in [0.25, 0.3) is 0 Å². The van der Waals surface area contributed by atoms with Gasteiger partial charge in [0.05, 0.1) is 10.9 Å². The molecule has 1 rings (SSSR count). The van der Waals surface area contributed by atoms with Crippen LogP contribution < -0.4 is 10.5 Å². The van der Waals surface area contributed by atoms with Crippen LogP contribution in [0.2, 0.25) is 0 Å². The Balaban J connectivity index is 2.88. The lowest BCUT2D eigenvalue weighted by Gasteiger charge is -2.30. The molecule has 3 N–H and O–H groups in total. The van der Waals surface area contributed by atoms with Crippen LogP contribution in [0.5, 0.6) is 0 Å². The van der Waals surface area contributed by atoms with E-state index >= 15 is 0 Å². The fourth-order valence-corrected chi connectivity index (χ4v) is 2.26. The Kier molecular flexibility index (Phi) is 5.01. The monoisotopic (exact) mass is 313 g/mol. The molecule has 2 amide bonds. The molecule has 0 aliphatic carbocycles. The van der Waals surface area contributed by atoms with Crippen LogP contribution in [0, 0.1) is 0 Å². The van der Waals surface area contributed by atoms with Crippen molar-refractivity contribution in [2.24, 2.45) is 5.14 Å². The Morgan fingerprint density at radius 2 is 1.71 bits per heavy atom. The van der Waals surface area contributed by atoms with E-state index in [1.54, 1.807) is 24.1 Å². The second-order valence-corrected chi connectivity index (χ2v) is 7.64. The Labute approximate surface area is 126 Å². The molecule has 21 heavy (non-hydrogen) atoms. The summed E-state index contributed by atoms with van der Waals surface area (Å²) in [6.45, 7) is 7.59. The van der Waals surface area contributed by atoms with Crippen molar-refractivity contribution in [3.05, 3.63) is 29.8 Å². The molecule has 1 atom stereocenters. The molecule has 0 saturated carbocycles. The van der Waals surface area contributed by atoms with E-state index in [1.807, 2.05) is 27.7 Å². The minimum atomic E-state index is -3.70. The van der Waals surface area contributed by atoms with Crippen LogP contribution >= 0.6 is 0 Å². The van der Waals surface area contributed by atoms with Gasteiger partial charge in [-0.3, -0.25) is 0 Å². The number of sulfonamides is 1. The fourth-order valence-electron chi connectivity index (χ4n) is 1.74. The molecular formula is C14H23N3O3S. The first-order valence-electron chi connectivity index (χ1n) is 6.59. The summed E-state index contributed by atoms with van der Waals surface area (Å²) in [6, 6.07) is 5.82. The van der Waals surface area contributed by atoms with Crippen LogP contribution in [0.3, 0.4) is 0 Å². The number of amides is 2. The van der Waals surface area contributed by atoms with Crippen molar-refractivity contribution in [1.82, 2.24) is 10.2 Å². The number of carbonyl (C=O) groups excluding carboxylic acids is 1. The van der Waals surface area contributed by atoms with Crippen molar-refractivity contribution in [1.29, 1.82) is 0 Å². The van der Waals surface area contributed by atoms with Crippen LogP contribution in [0.15, 0.2) is 29.2 Å². The molecule has 0 aliphatic rings. The largest absolute Gasteiger partial charge is 0.333 e. The summed E-state index contributed by atoms with van der Waals surface area (Å²) in [5.74, 6) is 0. The van der Waals surface area contributed by atoms with E-state index in [9.17, 15) is 13.2 Å². The minimum Gasteiger partial charge on any atom is -0.333 e. The Morgan fingerprint density at radius 1 is 1.24 bits per heavy atom. The molecule has 0 saturated heterocycles. The van der Waals surface area contributed by atoms with Crippen LogP contribution in [0.1, 0.15) is 39.3 Å². The molecule has 1 aromatic carbocycles. The highest BCUT2D eigenvalue weighted by atomic mass is 32.2. The van der Waals surface area contributed by atoms with Crippen molar-refractivity contribution < 1.29 is 13.2 Å². The van der Waals surface area contributed by atoms with Crippen molar-refractivity contribution in [3.8, 4) is 0 Å². The van der Waals surface area contributed by atoms with Gasteiger partial charge in [-0.15, -0.1) is 0 Å². The maximum atomic E-state index is 12.1. The van der Waals surface area contributed by atoms with Crippen LogP contribution in [-0.4, -0.2) is 31.9 Å². The molecule has 1 unspecified atom stereocenters. The lowest BCUT2D eigenvalue weighted by molar-refractivity contribution is 0.185. The quantitative estimate of drug-likeness (QED) is 0.891. The van der Waals surface area contributed by atoms with Gasteiger partial charge in [0.2, 0.25) is 10.0 Å². The standard InChI is InChI=1S/C14H23N3O3S/c1-10(17(5)13(18)16-14(2,3)4)11-6-8-12(9-7-11)21(15,19)20/h6-10H,1-5H3,(H,16,18)(H2,15,19,20). The van der Waals surface area contributed by atoms with Crippen LogP contribution in [0.25, 0.3) is 0 Å². The second kappa shape index (κ2) is 6.03. The third-order valence-corrected chi connectivity index (χ3v) is 4.00. The lowest BCUT2D eigenvalue weighted by atomic mass is 10.1. The first kappa shape index (κ1) is 17.5. The zero-order chi connectivity index (χ0) is 16.4. The van der Waals surface area contributed by atoms with Gasteiger partial charge in [-0.25, -0.2) is 18.4 Å². The summed E-state index contributed by atoms with van der Waals surface area (Å²) >= 11 is 0. The Hall–Kier alpha value is -1.60. The molecule has 0 aliphatic heterocycles. The van der Waals surface area contributed by atoms with E-state index in [4.69, 9.17) is 5.14 Å². The van der Waals surface area contributed by atoms with Gasteiger partial charge in [0, 0.05) is 12.6 Å². The molecule has 7 heteroatoms. The third kappa shape index (κ3) is 5.02. The number of rotatable bonds is 3. The number of urea groups is 1. The van der Waals surface area contributed by atoms with Gasteiger partial charge in [-0.05, 0) is 45.4 Å². The van der Waals surface area contributed by atoms with Gasteiger partial charge in [-0.1, -0.05) is 12.1 Å². The first-order chi connectivity index (χ1) is 9.42. The maximum Gasteiger partial charge on any atom is 0.318 e. The topological polar surface area (TPSA) is 92.5 Å². The number of hydrogen-bond donors (Lipinski definition) is 2. The first-order valence-corrected chi connectivity index (χ1v) is 8.14. The zero-order valence-electron chi connectivity index (χ0n) is 13.0. The molecule has 0 bridgehead atoms. The highest BCUT2D eigenvalue weighted by Gasteiger charge is 2.21. The molecule has 0 fully saturated rings. The van der Waals surface area contributed by atoms with Crippen molar-refractivity contribution in [2.45, 2.75) is 44.2 Å². The molecule has 0 heterocycles. The molecule has 118 valence electrons. The number of nitrogens with one attached hydrogen (secondary N) is 1. The molecule has 0 spiro atoms. The van der Waals surface area contributed by atoms with E-state index < -0.39 is 10.0 Å². The minimum absolute atomic E-state index is 0.0558. The van der Waals surface area contributed by atoms with Gasteiger partial charge in [0.1, 0.15) is 0 Å². The SMILES string of the molecule is CC(c1ccc(S(N)(=O)=O)cc1)N(C)C(=O)NC(C)(C)C. The lowest BCUT2D eigenvalue weighted by Crippen LogP contribution is -2.47. The van der Waals surface area contributed by atoms with Gasteiger partial charge < -0.3 is 10.2 Å². The van der Waals surface area contributed by atoms with E-state index in [1.165, 1.54) is 12.1 Å². The van der Waals surface area contributed by atoms with E-state index in [-0.39, 0.29) is 22.5 Å².